The monoisotopic (exact) mass is 359 g/mol. The van der Waals surface area contributed by atoms with Crippen molar-refractivity contribution >= 4 is 5.69 Å². The predicted molar refractivity (Wildman–Crippen MR) is 101 cm³/mol. The Morgan fingerprint density at radius 2 is 1.81 bits per heavy atom. The highest BCUT2D eigenvalue weighted by molar-refractivity contribution is 5.46. The second kappa shape index (κ2) is 8.36. The van der Waals surface area contributed by atoms with Crippen LogP contribution in [-0.4, -0.2) is 50.3 Å². The molecule has 5 nitrogen and oxygen atoms in total. The molecule has 0 bridgehead atoms. The third kappa shape index (κ3) is 4.25. The van der Waals surface area contributed by atoms with Gasteiger partial charge in [0.1, 0.15) is 5.82 Å². The third-order valence-electron chi connectivity index (χ3n) is 4.78. The van der Waals surface area contributed by atoms with Gasteiger partial charge >= 0.3 is 0 Å². The average Bonchev–Trinajstić information content (AvgIpc) is 2.88. The Labute approximate surface area is 154 Å². The molecule has 0 aliphatic carbocycles. The quantitative estimate of drug-likeness (QED) is 0.819. The van der Waals surface area contributed by atoms with Crippen molar-refractivity contribution in [2.45, 2.75) is 19.9 Å². The Balaban J connectivity index is 1.68. The summed E-state index contributed by atoms with van der Waals surface area (Å²) in [6.45, 7) is 6.30. The number of halogens is 1. The van der Waals surface area contributed by atoms with Gasteiger partial charge < -0.3 is 14.4 Å². The molecule has 0 unspecified atom stereocenters. The summed E-state index contributed by atoms with van der Waals surface area (Å²) in [6, 6.07) is 7.31. The van der Waals surface area contributed by atoms with E-state index in [-0.39, 0.29) is 5.82 Å². The fraction of sp³-hybridized carbons (Fsp3) is 0.450. The molecule has 2 heterocycles. The number of benzene rings is 1. The van der Waals surface area contributed by atoms with Crippen molar-refractivity contribution in [3.63, 3.8) is 0 Å². The molecule has 2 aromatic rings. The van der Waals surface area contributed by atoms with E-state index in [1.165, 1.54) is 18.9 Å². The molecule has 1 aromatic heterocycles. The molecule has 1 aliphatic rings. The van der Waals surface area contributed by atoms with Gasteiger partial charge in [0.05, 0.1) is 14.2 Å². The molecule has 0 radical (unpaired) electrons. The van der Waals surface area contributed by atoms with Crippen LogP contribution in [0.3, 0.4) is 0 Å². The van der Waals surface area contributed by atoms with Crippen LogP contribution in [0.2, 0.25) is 0 Å². The molecule has 0 saturated carbocycles. The second-order valence-corrected chi connectivity index (χ2v) is 6.57. The Kier molecular flexibility index (Phi) is 5.93. The van der Waals surface area contributed by atoms with Crippen molar-refractivity contribution < 1.29 is 13.9 Å². The maximum Gasteiger partial charge on any atom is 0.163 e. The Morgan fingerprint density at radius 1 is 1.04 bits per heavy atom. The van der Waals surface area contributed by atoms with E-state index >= 15 is 0 Å². The van der Waals surface area contributed by atoms with Crippen molar-refractivity contribution in [3.05, 3.63) is 47.5 Å². The fourth-order valence-electron chi connectivity index (χ4n) is 3.37. The zero-order valence-electron chi connectivity index (χ0n) is 15.7. The van der Waals surface area contributed by atoms with Gasteiger partial charge in [-0.3, -0.25) is 9.88 Å². The summed E-state index contributed by atoms with van der Waals surface area (Å²) in [4.78, 5) is 8.93. The van der Waals surface area contributed by atoms with Gasteiger partial charge in [-0.15, -0.1) is 0 Å². The number of aryl methyl sites for hydroxylation is 1. The highest BCUT2D eigenvalue weighted by Gasteiger charge is 2.18. The molecule has 0 N–H and O–H groups in total. The van der Waals surface area contributed by atoms with Crippen molar-refractivity contribution in [2.24, 2.45) is 0 Å². The van der Waals surface area contributed by atoms with Crippen LogP contribution in [-0.2, 0) is 6.54 Å². The van der Waals surface area contributed by atoms with Crippen molar-refractivity contribution in [1.29, 1.82) is 0 Å². The molecule has 0 spiro atoms. The van der Waals surface area contributed by atoms with Gasteiger partial charge in [-0.2, -0.15) is 0 Å². The van der Waals surface area contributed by atoms with Crippen molar-refractivity contribution in [3.8, 4) is 11.5 Å². The average molecular weight is 359 g/mol. The normalized spacial score (nSPS) is 15.6. The van der Waals surface area contributed by atoms with Gasteiger partial charge in [0.2, 0.25) is 0 Å². The molecular weight excluding hydrogens is 333 g/mol. The molecule has 1 saturated heterocycles. The SMILES string of the molecule is COc1cc(F)c(CN2CCCN(c3ccnc(C)c3)CC2)cc1OC. The third-order valence-corrected chi connectivity index (χ3v) is 4.78. The number of hydrogen-bond acceptors (Lipinski definition) is 5. The van der Waals surface area contributed by atoms with Crippen LogP contribution in [0.5, 0.6) is 11.5 Å². The van der Waals surface area contributed by atoms with Crippen LogP contribution in [0.25, 0.3) is 0 Å². The molecule has 1 aliphatic heterocycles. The lowest BCUT2D eigenvalue weighted by molar-refractivity contribution is 0.279. The fourth-order valence-corrected chi connectivity index (χ4v) is 3.37. The molecule has 1 fully saturated rings. The lowest BCUT2D eigenvalue weighted by atomic mass is 10.1. The predicted octanol–water partition coefficient (Wildman–Crippen LogP) is 3.26. The van der Waals surface area contributed by atoms with Gasteiger partial charge in [0.25, 0.3) is 0 Å². The van der Waals surface area contributed by atoms with Crippen LogP contribution >= 0.6 is 0 Å². The number of pyridine rings is 1. The maximum atomic E-state index is 14.4. The summed E-state index contributed by atoms with van der Waals surface area (Å²) in [6.07, 6.45) is 2.89. The molecule has 1 aromatic carbocycles. The van der Waals surface area contributed by atoms with Gasteiger partial charge in [0, 0.05) is 61.9 Å². The largest absolute Gasteiger partial charge is 0.493 e. The minimum Gasteiger partial charge on any atom is -0.493 e. The van der Waals surface area contributed by atoms with Crippen LogP contribution in [0.15, 0.2) is 30.5 Å². The molecule has 6 heteroatoms. The van der Waals surface area contributed by atoms with E-state index < -0.39 is 0 Å². The first kappa shape index (κ1) is 18.5. The number of nitrogens with zero attached hydrogens (tertiary/aromatic N) is 3. The summed E-state index contributed by atoms with van der Waals surface area (Å²) in [7, 11) is 3.08. The summed E-state index contributed by atoms with van der Waals surface area (Å²) >= 11 is 0. The topological polar surface area (TPSA) is 37.8 Å². The number of hydrogen-bond donors (Lipinski definition) is 0. The standard InChI is InChI=1S/C20H26FN3O2/c1-15-11-17(5-6-22-15)24-8-4-7-23(9-10-24)14-16-12-19(25-2)20(26-3)13-18(16)21/h5-6,11-13H,4,7-10,14H2,1-3H3. The zero-order chi connectivity index (χ0) is 18.5. The number of ether oxygens (including phenoxy) is 2. The lowest BCUT2D eigenvalue weighted by Gasteiger charge is -2.24. The molecule has 3 rings (SSSR count). The van der Waals surface area contributed by atoms with Gasteiger partial charge in [0.15, 0.2) is 11.5 Å². The summed E-state index contributed by atoms with van der Waals surface area (Å²) in [5.74, 6) is 0.727. The van der Waals surface area contributed by atoms with E-state index in [1.54, 1.807) is 13.2 Å². The Morgan fingerprint density at radius 3 is 2.54 bits per heavy atom. The molecule has 0 atom stereocenters. The first-order valence-electron chi connectivity index (χ1n) is 8.91. The summed E-state index contributed by atoms with van der Waals surface area (Å²) in [5.41, 5.74) is 2.86. The zero-order valence-corrected chi connectivity index (χ0v) is 15.7. The van der Waals surface area contributed by atoms with Crippen LogP contribution < -0.4 is 14.4 Å². The van der Waals surface area contributed by atoms with E-state index in [0.29, 0.717) is 23.6 Å². The van der Waals surface area contributed by atoms with E-state index in [1.807, 2.05) is 13.1 Å². The van der Waals surface area contributed by atoms with E-state index in [0.717, 1.165) is 38.3 Å². The summed E-state index contributed by atoms with van der Waals surface area (Å²) in [5, 5.41) is 0. The number of aromatic nitrogens is 1. The second-order valence-electron chi connectivity index (χ2n) is 6.57. The minimum absolute atomic E-state index is 0.256. The van der Waals surface area contributed by atoms with E-state index in [4.69, 9.17) is 9.47 Å². The Hall–Kier alpha value is -2.34. The van der Waals surface area contributed by atoms with Crippen LogP contribution in [0, 0.1) is 12.7 Å². The smallest absolute Gasteiger partial charge is 0.163 e. The molecule has 140 valence electrons. The van der Waals surface area contributed by atoms with Gasteiger partial charge in [-0.1, -0.05) is 0 Å². The molecule has 26 heavy (non-hydrogen) atoms. The number of anilines is 1. The lowest BCUT2D eigenvalue weighted by Crippen LogP contribution is -2.30. The van der Waals surface area contributed by atoms with Crippen LogP contribution in [0.4, 0.5) is 10.1 Å². The van der Waals surface area contributed by atoms with Crippen molar-refractivity contribution in [2.75, 3.05) is 45.3 Å². The number of methoxy groups -OCH3 is 2. The maximum absolute atomic E-state index is 14.4. The van der Waals surface area contributed by atoms with E-state index in [2.05, 4.69) is 26.9 Å². The first-order valence-corrected chi connectivity index (χ1v) is 8.91. The molecular formula is C20H26FN3O2. The minimum atomic E-state index is -0.256. The first-order chi connectivity index (χ1) is 12.6. The highest BCUT2D eigenvalue weighted by Crippen LogP contribution is 2.30. The van der Waals surface area contributed by atoms with Crippen molar-refractivity contribution in [1.82, 2.24) is 9.88 Å². The van der Waals surface area contributed by atoms with E-state index in [9.17, 15) is 4.39 Å². The molecule has 0 amide bonds. The summed E-state index contributed by atoms with van der Waals surface area (Å²) < 4.78 is 24.9. The van der Waals surface area contributed by atoms with Crippen LogP contribution in [0.1, 0.15) is 17.7 Å². The Bertz CT molecular complexity index is 754. The van der Waals surface area contributed by atoms with Gasteiger partial charge in [-0.25, -0.2) is 4.39 Å². The highest BCUT2D eigenvalue weighted by atomic mass is 19.1. The number of rotatable bonds is 5. The van der Waals surface area contributed by atoms with Gasteiger partial charge in [-0.05, 0) is 31.5 Å².